The average Bonchev–Trinajstić information content (AvgIpc) is 2.67. The summed E-state index contributed by atoms with van der Waals surface area (Å²) in [6, 6.07) is 5.77. The highest BCUT2D eigenvalue weighted by molar-refractivity contribution is 5.38. The van der Waals surface area contributed by atoms with Crippen molar-refractivity contribution in [2.75, 3.05) is 0 Å². The normalized spacial score (nSPS) is 25.9. The number of aliphatic hydroxyl groups is 2. The maximum absolute atomic E-state index is 9.75. The lowest BCUT2D eigenvalue weighted by Crippen LogP contribution is -2.26. The summed E-state index contributed by atoms with van der Waals surface area (Å²) in [4.78, 5) is 0. The van der Waals surface area contributed by atoms with Gasteiger partial charge in [-0.2, -0.15) is 0 Å². The van der Waals surface area contributed by atoms with Crippen LogP contribution in [0, 0.1) is 6.92 Å². The summed E-state index contributed by atoms with van der Waals surface area (Å²) >= 11 is 0. The molecule has 2 unspecified atom stereocenters. The van der Waals surface area contributed by atoms with E-state index in [1.807, 2.05) is 25.1 Å². The number of benzene rings is 1. The van der Waals surface area contributed by atoms with Gasteiger partial charge in [-0.25, -0.2) is 0 Å². The number of hydrogen-bond acceptors (Lipinski definition) is 3. The van der Waals surface area contributed by atoms with Crippen LogP contribution in [0.4, 0.5) is 0 Å². The van der Waals surface area contributed by atoms with Crippen LogP contribution >= 0.6 is 0 Å². The molecule has 1 saturated carbocycles. The van der Waals surface area contributed by atoms with Crippen LogP contribution < -0.4 is 4.74 Å². The van der Waals surface area contributed by atoms with E-state index < -0.39 is 6.10 Å². The molecule has 0 spiro atoms. The Hall–Kier alpha value is -1.06. The molecule has 3 heteroatoms. The fraction of sp³-hybridized carbons (Fsp3) is 0.571. The van der Waals surface area contributed by atoms with Crippen molar-refractivity contribution < 1.29 is 14.9 Å². The molecular formula is C14H20O3. The summed E-state index contributed by atoms with van der Waals surface area (Å²) in [5, 5.41) is 19.5. The van der Waals surface area contributed by atoms with Crippen molar-refractivity contribution in [2.24, 2.45) is 0 Å². The molecule has 1 aliphatic carbocycles. The molecule has 3 atom stereocenters. The van der Waals surface area contributed by atoms with Gasteiger partial charge in [-0.15, -0.1) is 0 Å². The number of aryl methyl sites for hydroxylation is 1. The van der Waals surface area contributed by atoms with Crippen molar-refractivity contribution in [3.8, 4) is 5.75 Å². The minimum Gasteiger partial charge on any atom is -0.487 e. The highest BCUT2D eigenvalue weighted by atomic mass is 16.5. The average molecular weight is 236 g/mol. The Kier molecular flexibility index (Phi) is 3.69. The van der Waals surface area contributed by atoms with Crippen molar-refractivity contribution in [1.82, 2.24) is 0 Å². The second-order valence-electron chi connectivity index (χ2n) is 4.87. The van der Waals surface area contributed by atoms with Crippen LogP contribution in [0.3, 0.4) is 0 Å². The summed E-state index contributed by atoms with van der Waals surface area (Å²) in [5.41, 5.74) is 1.89. The van der Waals surface area contributed by atoms with E-state index in [1.165, 1.54) is 0 Å². The van der Waals surface area contributed by atoms with Crippen LogP contribution in [0.5, 0.6) is 5.75 Å². The van der Waals surface area contributed by atoms with E-state index in [0.29, 0.717) is 5.75 Å². The van der Waals surface area contributed by atoms with E-state index in [1.54, 1.807) is 6.92 Å². The molecule has 94 valence electrons. The zero-order valence-corrected chi connectivity index (χ0v) is 10.4. The van der Waals surface area contributed by atoms with Crippen LogP contribution in [0.2, 0.25) is 0 Å². The van der Waals surface area contributed by atoms with Crippen LogP contribution in [0.15, 0.2) is 18.2 Å². The van der Waals surface area contributed by atoms with E-state index in [2.05, 4.69) is 0 Å². The van der Waals surface area contributed by atoms with Gasteiger partial charge in [-0.05, 0) is 45.2 Å². The smallest absolute Gasteiger partial charge is 0.125 e. The molecule has 2 N–H and O–H groups in total. The fourth-order valence-electron chi connectivity index (χ4n) is 2.31. The Morgan fingerprint density at radius 1 is 1.35 bits per heavy atom. The van der Waals surface area contributed by atoms with E-state index >= 15 is 0 Å². The molecule has 0 amide bonds. The van der Waals surface area contributed by atoms with Crippen LogP contribution in [0.25, 0.3) is 0 Å². The first-order chi connectivity index (χ1) is 8.08. The Morgan fingerprint density at radius 2 is 2.12 bits per heavy atom. The lowest BCUT2D eigenvalue weighted by Gasteiger charge is -2.20. The molecular weight excluding hydrogens is 216 g/mol. The van der Waals surface area contributed by atoms with Crippen LogP contribution in [-0.4, -0.2) is 22.4 Å². The summed E-state index contributed by atoms with van der Waals surface area (Å²) in [5.74, 6) is 0.691. The van der Waals surface area contributed by atoms with Gasteiger partial charge in [0, 0.05) is 5.56 Å². The third-order valence-electron chi connectivity index (χ3n) is 3.31. The summed E-state index contributed by atoms with van der Waals surface area (Å²) in [7, 11) is 0. The minimum absolute atomic E-state index is 0.129. The fourth-order valence-corrected chi connectivity index (χ4v) is 2.31. The first-order valence-corrected chi connectivity index (χ1v) is 6.21. The van der Waals surface area contributed by atoms with Crippen molar-refractivity contribution in [1.29, 1.82) is 0 Å². The van der Waals surface area contributed by atoms with E-state index in [4.69, 9.17) is 4.74 Å². The largest absolute Gasteiger partial charge is 0.487 e. The molecule has 17 heavy (non-hydrogen) atoms. The number of ether oxygens (including phenoxy) is 1. The molecule has 0 saturated heterocycles. The molecule has 1 aromatic carbocycles. The van der Waals surface area contributed by atoms with E-state index in [0.717, 1.165) is 30.4 Å². The molecule has 0 aromatic heterocycles. The highest BCUT2D eigenvalue weighted by Gasteiger charge is 2.27. The molecule has 0 heterocycles. The highest BCUT2D eigenvalue weighted by Crippen LogP contribution is 2.30. The van der Waals surface area contributed by atoms with Crippen molar-refractivity contribution in [3.63, 3.8) is 0 Å². The molecule has 1 aliphatic rings. The third kappa shape index (κ3) is 2.79. The molecule has 3 nitrogen and oxygen atoms in total. The zero-order chi connectivity index (χ0) is 12.4. The molecule has 1 aromatic rings. The maximum Gasteiger partial charge on any atom is 0.125 e. The molecule has 0 bridgehead atoms. The van der Waals surface area contributed by atoms with Crippen molar-refractivity contribution in [2.45, 2.75) is 51.4 Å². The summed E-state index contributed by atoms with van der Waals surface area (Å²) in [6.45, 7) is 3.72. The van der Waals surface area contributed by atoms with E-state index in [9.17, 15) is 10.2 Å². The monoisotopic (exact) mass is 236 g/mol. The number of rotatable bonds is 3. The topological polar surface area (TPSA) is 49.7 Å². The Labute approximate surface area is 102 Å². The lowest BCUT2D eigenvalue weighted by molar-refractivity contribution is 0.0577. The Morgan fingerprint density at radius 3 is 2.71 bits per heavy atom. The molecule has 0 aliphatic heterocycles. The van der Waals surface area contributed by atoms with Gasteiger partial charge >= 0.3 is 0 Å². The lowest BCUT2D eigenvalue weighted by atomic mass is 10.1. The van der Waals surface area contributed by atoms with Crippen molar-refractivity contribution in [3.05, 3.63) is 29.3 Å². The molecule has 1 fully saturated rings. The minimum atomic E-state index is -0.552. The van der Waals surface area contributed by atoms with Crippen LogP contribution in [0.1, 0.15) is 43.4 Å². The van der Waals surface area contributed by atoms with Gasteiger partial charge in [0.05, 0.1) is 12.2 Å². The van der Waals surface area contributed by atoms with Gasteiger partial charge in [-0.3, -0.25) is 0 Å². The van der Waals surface area contributed by atoms with E-state index in [-0.39, 0.29) is 12.2 Å². The predicted octanol–water partition coefficient (Wildman–Crippen LogP) is 2.34. The van der Waals surface area contributed by atoms with Gasteiger partial charge in [0.25, 0.3) is 0 Å². The number of hydrogen-bond donors (Lipinski definition) is 2. The van der Waals surface area contributed by atoms with Gasteiger partial charge < -0.3 is 14.9 Å². The summed E-state index contributed by atoms with van der Waals surface area (Å²) in [6.07, 6.45) is 1.63. The van der Waals surface area contributed by atoms with Gasteiger partial charge in [-0.1, -0.05) is 11.6 Å². The SMILES string of the molecule is Cc1ccc(OC2CCCC2O)c([C@H](C)O)c1. The maximum atomic E-state index is 9.75. The summed E-state index contributed by atoms with van der Waals surface area (Å²) < 4.78 is 5.82. The molecule has 0 radical (unpaired) electrons. The standard InChI is InChI=1S/C14H20O3/c1-9-6-7-13(11(8-9)10(2)15)17-14-5-3-4-12(14)16/h6-8,10,12,14-16H,3-5H2,1-2H3/t10-,12?,14?/m0/s1. The molecule has 2 rings (SSSR count). The quantitative estimate of drug-likeness (QED) is 0.847. The third-order valence-corrected chi connectivity index (χ3v) is 3.31. The van der Waals surface area contributed by atoms with Crippen LogP contribution in [-0.2, 0) is 0 Å². The zero-order valence-electron chi connectivity index (χ0n) is 10.4. The second-order valence-corrected chi connectivity index (χ2v) is 4.87. The first-order valence-electron chi connectivity index (χ1n) is 6.21. The number of aliphatic hydroxyl groups excluding tert-OH is 2. The van der Waals surface area contributed by atoms with Crippen molar-refractivity contribution >= 4 is 0 Å². The Balaban J connectivity index is 2.19. The van der Waals surface area contributed by atoms with Gasteiger partial charge in [0.1, 0.15) is 11.9 Å². The van der Waals surface area contributed by atoms with Gasteiger partial charge in [0.15, 0.2) is 0 Å². The first kappa shape index (κ1) is 12.4. The predicted molar refractivity (Wildman–Crippen MR) is 66.1 cm³/mol. The second kappa shape index (κ2) is 5.07. The van der Waals surface area contributed by atoms with Gasteiger partial charge in [0.2, 0.25) is 0 Å². The Bertz CT molecular complexity index is 387.